The highest BCUT2D eigenvalue weighted by Gasteiger charge is 2.28. The third kappa shape index (κ3) is 4.01. The average Bonchev–Trinajstić information content (AvgIpc) is 3.20. The van der Waals surface area contributed by atoms with Crippen LogP contribution in [0, 0.1) is 5.82 Å². The largest absolute Gasteiger partial charge is 0.497 e. The molecule has 0 aliphatic rings. The summed E-state index contributed by atoms with van der Waals surface area (Å²) in [5, 5.41) is 0.192. The lowest BCUT2D eigenvalue weighted by Crippen LogP contribution is -2.30. The van der Waals surface area contributed by atoms with Crippen LogP contribution in [0.4, 0.5) is 9.52 Å². The van der Waals surface area contributed by atoms with Gasteiger partial charge in [0.1, 0.15) is 23.6 Å². The normalized spacial score (nSPS) is 11.2. The molecule has 2 aromatic carbocycles. The molecule has 3 aromatic rings. The highest BCUT2D eigenvalue weighted by molar-refractivity contribution is 7.93. The lowest BCUT2D eigenvalue weighted by Gasteiger charge is -2.22. The summed E-state index contributed by atoms with van der Waals surface area (Å²) >= 11 is 0.942. The Kier molecular flexibility index (Phi) is 5.57. The molecule has 27 heavy (non-hydrogen) atoms. The summed E-state index contributed by atoms with van der Waals surface area (Å²) in [4.78, 5) is 3.98. The standard InChI is InChI=1S/C17H16FN3O4S2/c1-24-14-6-3-12(16(9-14)25-2)10-21(17-19-11-20-26-17)27(22,23)15-7-4-13(18)5-8-15/h3-9,11H,10H2,1-2H3. The summed E-state index contributed by atoms with van der Waals surface area (Å²) in [5.41, 5.74) is 0.610. The van der Waals surface area contributed by atoms with Gasteiger partial charge in [-0.2, -0.15) is 4.37 Å². The Morgan fingerprint density at radius 1 is 1.11 bits per heavy atom. The van der Waals surface area contributed by atoms with Gasteiger partial charge in [-0.05, 0) is 36.4 Å². The van der Waals surface area contributed by atoms with Crippen LogP contribution in [0.2, 0.25) is 0 Å². The Hall–Kier alpha value is -2.72. The minimum atomic E-state index is -3.99. The SMILES string of the molecule is COc1ccc(CN(c2ncns2)S(=O)(=O)c2ccc(F)cc2)c(OC)c1. The van der Waals surface area contributed by atoms with Crippen LogP contribution >= 0.6 is 11.5 Å². The molecular weight excluding hydrogens is 393 g/mol. The third-order valence-electron chi connectivity index (χ3n) is 3.77. The van der Waals surface area contributed by atoms with Gasteiger partial charge in [0.05, 0.1) is 25.7 Å². The maximum Gasteiger partial charge on any atom is 0.266 e. The van der Waals surface area contributed by atoms with E-state index < -0.39 is 15.8 Å². The Bertz CT molecular complexity index is 1010. The maximum atomic E-state index is 13.2. The van der Waals surface area contributed by atoms with Crippen molar-refractivity contribution in [3.63, 3.8) is 0 Å². The van der Waals surface area contributed by atoms with E-state index in [0.29, 0.717) is 17.1 Å². The monoisotopic (exact) mass is 409 g/mol. The molecule has 0 saturated carbocycles. The molecule has 1 heterocycles. The molecular formula is C17H16FN3O4S2. The second kappa shape index (κ2) is 7.89. The van der Waals surface area contributed by atoms with Gasteiger partial charge >= 0.3 is 0 Å². The number of ether oxygens (including phenoxy) is 2. The van der Waals surface area contributed by atoms with E-state index in [-0.39, 0.29) is 16.6 Å². The first kappa shape index (κ1) is 19.1. The maximum absolute atomic E-state index is 13.2. The van der Waals surface area contributed by atoms with E-state index in [0.717, 1.165) is 28.0 Å². The lowest BCUT2D eigenvalue weighted by atomic mass is 10.2. The van der Waals surface area contributed by atoms with Crippen LogP contribution in [-0.4, -0.2) is 32.0 Å². The smallest absolute Gasteiger partial charge is 0.266 e. The van der Waals surface area contributed by atoms with E-state index in [2.05, 4.69) is 9.36 Å². The summed E-state index contributed by atoms with van der Waals surface area (Å²) in [6.45, 7) is -0.0396. The number of hydrogen-bond donors (Lipinski definition) is 0. The molecule has 0 bridgehead atoms. The molecule has 7 nitrogen and oxygen atoms in total. The van der Waals surface area contributed by atoms with Gasteiger partial charge in [-0.15, -0.1) is 0 Å². The first-order valence-electron chi connectivity index (χ1n) is 7.71. The summed E-state index contributed by atoms with van der Waals surface area (Å²) in [7, 11) is -0.975. The van der Waals surface area contributed by atoms with E-state index in [4.69, 9.17) is 9.47 Å². The number of sulfonamides is 1. The molecule has 0 N–H and O–H groups in total. The summed E-state index contributed by atoms with van der Waals surface area (Å²) in [5.74, 6) is 0.533. The first-order chi connectivity index (χ1) is 13.0. The quantitative estimate of drug-likeness (QED) is 0.596. The van der Waals surface area contributed by atoms with Crippen molar-refractivity contribution in [2.75, 3.05) is 18.5 Å². The molecule has 0 aliphatic carbocycles. The van der Waals surface area contributed by atoms with Crippen LogP contribution in [0.5, 0.6) is 11.5 Å². The van der Waals surface area contributed by atoms with E-state index in [1.54, 1.807) is 18.2 Å². The minimum Gasteiger partial charge on any atom is -0.497 e. The van der Waals surface area contributed by atoms with Gasteiger partial charge < -0.3 is 9.47 Å². The van der Waals surface area contributed by atoms with Crippen LogP contribution in [0.25, 0.3) is 0 Å². The topological polar surface area (TPSA) is 81.6 Å². The van der Waals surface area contributed by atoms with Gasteiger partial charge in [-0.25, -0.2) is 22.1 Å². The molecule has 0 amide bonds. The second-order valence-electron chi connectivity index (χ2n) is 5.37. The van der Waals surface area contributed by atoms with Gasteiger partial charge in [-0.3, -0.25) is 0 Å². The molecule has 0 aliphatic heterocycles. The van der Waals surface area contributed by atoms with Crippen LogP contribution < -0.4 is 13.8 Å². The van der Waals surface area contributed by atoms with Crippen molar-refractivity contribution in [2.45, 2.75) is 11.4 Å². The zero-order valence-corrected chi connectivity index (χ0v) is 16.1. The molecule has 3 rings (SSSR count). The van der Waals surface area contributed by atoms with Crippen molar-refractivity contribution in [3.8, 4) is 11.5 Å². The number of benzene rings is 2. The van der Waals surface area contributed by atoms with Crippen molar-refractivity contribution < 1.29 is 22.3 Å². The summed E-state index contributed by atoms with van der Waals surface area (Å²) < 4.78 is 55.0. The van der Waals surface area contributed by atoms with Crippen molar-refractivity contribution >= 4 is 26.7 Å². The van der Waals surface area contributed by atoms with Gasteiger partial charge in [0.15, 0.2) is 0 Å². The number of rotatable bonds is 7. The predicted molar refractivity (Wildman–Crippen MR) is 99.2 cm³/mol. The van der Waals surface area contributed by atoms with Crippen molar-refractivity contribution in [1.82, 2.24) is 9.36 Å². The molecule has 0 fully saturated rings. The molecule has 1 aromatic heterocycles. The lowest BCUT2D eigenvalue weighted by molar-refractivity contribution is 0.391. The summed E-state index contributed by atoms with van der Waals surface area (Å²) in [6, 6.07) is 9.71. The van der Waals surface area contributed by atoms with Crippen molar-refractivity contribution in [2.24, 2.45) is 0 Å². The fourth-order valence-electron chi connectivity index (χ4n) is 2.40. The first-order valence-corrected chi connectivity index (χ1v) is 9.93. The molecule has 10 heteroatoms. The Morgan fingerprint density at radius 2 is 1.85 bits per heavy atom. The van der Waals surface area contributed by atoms with Crippen LogP contribution in [0.15, 0.2) is 53.7 Å². The van der Waals surface area contributed by atoms with Crippen LogP contribution in [0.1, 0.15) is 5.56 Å². The number of hydrogen-bond acceptors (Lipinski definition) is 7. The van der Waals surface area contributed by atoms with Crippen LogP contribution in [0.3, 0.4) is 0 Å². The van der Waals surface area contributed by atoms with Crippen LogP contribution in [-0.2, 0) is 16.6 Å². The predicted octanol–water partition coefficient (Wildman–Crippen LogP) is 3.09. The Morgan fingerprint density at radius 3 is 2.44 bits per heavy atom. The van der Waals surface area contributed by atoms with E-state index >= 15 is 0 Å². The fourth-order valence-corrected chi connectivity index (χ4v) is 4.53. The fraction of sp³-hybridized carbons (Fsp3) is 0.176. The van der Waals surface area contributed by atoms with E-state index in [9.17, 15) is 12.8 Å². The molecule has 142 valence electrons. The van der Waals surface area contributed by atoms with Gasteiger partial charge in [-0.1, -0.05) is 0 Å². The molecule has 0 unspecified atom stereocenters. The average molecular weight is 409 g/mol. The Labute approximate surface area is 160 Å². The zero-order valence-electron chi connectivity index (χ0n) is 14.5. The molecule has 0 spiro atoms. The van der Waals surface area contributed by atoms with Gasteiger partial charge in [0.25, 0.3) is 10.0 Å². The number of anilines is 1. The number of aromatic nitrogens is 2. The molecule has 0 atom stereocenters. The van der Waals surface area contributed by atoms with Gasteiger partial charge in [0.2, 0.25) is 5.13 Å². The minimum absolute atomic E-state index is 0.0396. The number of nitrogens with zero attached hydrogens (tertiary/aromatic N) is 3. The third-order valence-corrected chi connectivity index (χ3v) is 6.33. The van der Waals surface area contributed by atoms with Crippen molar-refractivity contribution in [3.05, 3.63) is 60.2 Å². The van der Waals surface area contributed by atoms with Gasteiger partial charge in [0, 0.05) is 23.2 Å². The highest BCUT2D eigenvalue weighted by Crippen LogP contribution is 2.31. The molecule has 0 radical (unpaired) electrons. The number of halogens is 1. The summed E-state index contributed by atoms with van der Waals surface area (Å²) in [6.07, 6.45) is 1.28. The number of methoxy groups -OCH3 is 2. The second-order valence-corrected chi connectivity index (χ2v) is 7.99. The molecule has 0 saturated heterocycles. The van der Waals surface area contributed by atoms with Crippen molar-refractivity contribution in [1.29, 1.82) is 0 Å². The zero-order chi connectivity index (χ0) is 19.4. The van der Waals surface area contributed by atoms with E-state index in [1.807, 2.05) is 0 Å². The Balaban J connectivity index is 2.04. The van der Waals surface area contributed by atoms with E-state index in [1.165, 1.54) is 32.7 Å². The highest BCUT2D eigenvalue weighted by atomic mass is 32.2.